The highest BCUT2D eigenvalue weighted by atomic mass is 15.0. The largest absolute Gasteiger partial charge is 0.208 e. The van der Waals surface area contributed by atoms with Crippen LogP contribution in [0.15, 0.2) is 188 Å². The van der Waals surface area contributed by atoms with Gasteiger partial charge in [-0.3, -0.25) is 0 Å². The molecule has 59 heavy (non-hydrogen) atoms. The fraction of sp³-hybridized carbons (Fsp3) is 0.0536. The summed E-state index contributed by atoms with van der Waals surface area (Å²) in [5, 5.41) is 11.8. The zero-order valence-electron chi connectivity index (χ0n) is 32.7. The molecule has 0 bridgehead atoms. The van der Waals surface area contributed by atoms with Crippen LogP contribution in [0.4, 0.5) is 0 Å². The van der Waals surface area contributed by atoms with Gasteiger partial charge in [0.2, 0.25) is 0 Å². The summed E-state index contributed by atoms with van der Waals surface area (Å²) in [5.41, 5.74) is 10.6. The van der Waals surface area contributed by atoms with Crippen molar-refractivity contribution in [3.05, 3.63) is 199 Å². The van der Waals surface area contributed by atoms with Gasteiger partial charge in [-0.1, -0.05) is 184 Å². The first kappa shape index (κ1) is 33.6. The molecule has 0 saturated heterocycles. The lowest BCUT2D eigenvalue weighted by molar-refractivity contribution is 0.660. The molecule has 0 N–H and O–H groups in total. The Balaban J connectivity index is 1.09. The Kier molecular flexibility index (Phi) is 7.27. The molecule has 0 amide bonds. The Bertz CT molecular complexity index is 3410. The molecule has 0 atom stereocenters. The van der Waals surface area contributed by atoms with Crippen molar-refractivity contribution in [2.24, 2.45) is 0 Å². The van der Waals surface area contributed by atoms with Gasteiger partial charge in [-0.15, -0.1) is 0 Å². The Morgan fingerprint density at radius 3 is 1.37 bits per heavy atom. The number of aromatic nitrogens is 3. The van der Waals surface area contributed by atoms with Crippen LogP contribution in [0.2, 0.25) is 0 Å². The summed E-state index contributed by atoms with van der Waals surface area (Å²) < 4.78 is 0. The summed E-state index contributed by atoms with van der Waals surface area (Å²) in [6.45, 7) is 4.68. The highest BCUT2D eigenvalue weighted by Crippen LogP contribution is 2.53. The minimum absolute atomic E-state index is 0.0839. The van der Waals surface area contributed by atoms with Crippen molar-refractivity contribution in [1.29, 1.82) is 0 Å². The van der Waals surface area contributed by atoms with Gasteiger partial charge in [0, 0.05) is 22.1 Å². The van der Waals surface area contributed by atoms with E-state index in [4.69, 9.17) is 15.0 Å². The molecule has 3 heteroatoms. The minimum Gasteiger partial charge on any atom is -0.208 e. The second-order valence-electron chi connectivity index (χ2n) is 16.4. The van der Waals surface area contributed by atoms with Gasteiger partial charge in [0.15, 0.2) is 17.5 Å². The Labute approximate surface area is 342 Å². The van der Waals surface area contributed by atoms with Crippen LogP contribution in [-0.4, -0.2) is 15.0 Å². The fourth-order valence-corrected chi connectivity index (χ4v) is 9.74. The van der Waals surface area contributed by atoms with Crippen LogP contribution in [0.25, 0.3) is 110 Å². The molecule has 3 nitrogen and oxygen atoms in total. The topological polar surface area (TPSA) is 38.7 Å². The van der Waals surface area contributed by atoms with E-state index >= 15 is 0 Å². The van der Waals surface area contributed by atoms with E-state index in [0.29, 0.717) is 17.5 Å². The molecule has 0 saturated carbocycles. The van der Waals surface area contributed by atoms with Crippen LogP contribution >= 0.6 is 0 Å². The van der Waals surface area contributed by atoms with Crippen molar-refractivity contribution in [3.8, 4) is 56.4 Å². The maximum absolute atomic E-state index is 5.34. The first-order valence-electron chi connectivity index (χ1n) is 20.4. The van der Waals surface area contributed by atoms with Crippen LogP contribution in [-0.2, 0) is 5.41 Å². The average molecular weight is 752 g/mol. The minimum atomic E-state index is -0.0839. The third-order valence-electron chi connectivity index (χ3n) is 12.7. The predicted molar refractivity (Wildman–Crippen MR) is 247 cm³/mol. The van der Waals surface area contributed by atoms with E-state index in [-0.39, 0.29) is 5.41 Å². The first-order valence-corrected chi connectivity index (χ1v) is 20.4. The lowest BCUT2D eigenvalue weighted by Gasteiger charge is -2.21. The van der Waals surface area contributed by atoms with Crippen LogP contribution in [0.1, 0.15) is 25.0 Å². The van der Waals surface area contributed by atoms with Crippen molar-refractivity contribution in [1.82, 2.24) is 15.0 Å². The second-order valence-corrected chi connectivity index (χ2v) is 16.4. The van der Waals surface area contributed by atoms with Gasteiger partial charge in [0.05, 0.1) is 0 Å². The second kappa shape index (κ2) is 12.8. The van der Waals surface area contributed by atoms with E-state index in [1.54, 1.807) is 0 Å². The molecule has 0 fully saturated rings. The smallest absolute Gasteiger partial charge is 0.164 e. The third kappa shape index (κ3) is 5.18. The SMILES string of the molecule is CC1(C)c2ccccc2-c2c(-c3ccc(-c4nc(-c5ccc6ccc7ccccc7c6c5)nc(-c5ccc6ccc7ccccc7c6c5)n4)c4ccccc34)cccc21. The van der Waals surface area contributed by atoms with Crippen LogP contribution in [0.5, 0.6) is 0 Å². The quantitative estimate of drug-likeness (QED) is 0.168. The molecule has 0 aliphatic heterocycles. The number of hydrogen-bond acceptors (Lipinski definition) is 3. The van der Waals surface area contributed by atoms with Crippen LogP contribution in [0, 0.1) is 0 Å². The summed E-state index contributed by atoms with van der Waals surface area (Å²) in [4.78, 5) is 15.9. The van der Waals surface area contributed by atoms with Crippen LogP contribution < -0.4 is 0 Å². The van der Waals surface area contributed by atoms with Gasteiger partial charge < -0.3 is 0 Å². The number of hydrogen-bond donors (Lipinski definition) is 0. The van der Waals surface area contributed by atoms with Gasteiger partial charge in [-0.2, -0.15) is 0 Å². The molecule has 1 heterocycles. The molecule has 1 aliphatic carbocycles. The van der Waals surface area contributed by atoms with E-state index in [1.807, 2.05) is 0 Å². The maximum atomic E-state index is 5.34. The van der Waals surface area contributed by atoms with Crippen molar-refractivity contribution in [2.45, 2.75) is 19.3 Å². The molecule has 276 valence electrons. The number of nitrogens with zero attached hydrogens (tertiary/aromatic N) is 3. The number of rotatable bonds is 4. The predicted octanol–water partition coefficient (Wildman–Crippen LogP) is 14.6. The molecule has 1 aromatic heterocycles. The summed E-state index contributed by atoms with van der Waals surface area (Å²) >= 11 is 0. The third-order valence-corrected chi connectivity index (χ3v) is 12.7. The molecule has 12 rings (SSSR count). The van der Waals surface area contributed by atoms with Gasteiger partial charge in [0.25, 0.3) is 0 Å². The Morgan fingerprint density at radius 2 is 0.746 bits per heavy atom. The molecule has 10 aromatic carbocycles. The maximum Gasteiger partial charge on any atom is 0.164 e. The average Bonchev–Trinajstić information content (AvgIpc) is 3.54. The van der Waals surface area contributed by atoms with Gasteiger partial charge in [-0.25, -0.2) is 15.0 Å². The van der Waals surface area contributed by atoms with Crippen LogP contribution in [0.3, 0.4) is 0 Å². The lowest BCUT2D eigenvalue weighted by Crippen LogP contribution is -2.14. The summed E-state index contributed by atoms with van der Waals surface area (Å²) in [6, 6.07) is 67.9. The van der Waals surface area contributed by atoms with Gasteiger partial charge in [0.1, 0.15) is 0 Å². The summed E-state index contributed by atoms with van der Waals surface area (Å²) in [7, 11) is 0. The van der Waals surface area contributed by atoms with E-state index < -0.39 is 0 Å². The van der Waals surface area contributed by atoms with Gasteiger partial charge >= 0.3 is 0 Å². The zero-order chi connectivity index (χ0) is 39.2. The van der Waals surface area contributed by atoms with Crippen molar-refractivity contribution in [2.75, 3.05) is 0 Å². The van der Waals surface area contributed by atoms with Crippen molar-refractivity contribution < 1.29 is 0 Å². The summed E-state index contributed by atoms with van der Waals surface area (Å²) in [6.07, 6.45) is 0. The highest BCUT2D eigenvalue weighted by Gasteiger charge is 2.36. The zero-order valence-corrected chi connectivity index (χ0v) is 32.7. The lowest BCUT2D eigenvalue weighted by atomic mass is 9.81. The van der Waals surface area contributed by atoms with Crippen molar-refractivity contribution >= 4 is 53.9 Å². The molecule has 1 aliphatic rings. The summed E-state index contributed by atoms with van der Waals surface area (Å²) in [5.74, 6) is 1.94. The molecule has 11 aromatic rings. The van der Waals surface area contributed by atoms with Crippen molar-refractivity contribution in [3.63, 3.8) is 0 Å². The van der Waals surface area contributed by atoms with Gasteiger partial charge in [-0.05, 0) is 105 Å². The highest BCUT2D eigenvalue weighted by molar-refractivity contribution is 6.11. The molecule has 0 radical (unpaired) electrons. The number of benzene rings is 10. The Hall–Kier alpha value is -7.49. The fourth-order valence-electron chi connectivity index (χ4n) is 9.74. The molecular formula is C56H37N3. The molecule has 0 unspecified atom stereocenters. The van der Waals surface area contributed by atoms with E-state index in [9.17, 15) is 0 Å². The van der Waals surface area contributed by atoms with E-state index in [2.05, 4.69) is 202 Å². The number of fused-ring (bicyclic) bond motifs is 10. The molecule has 0 spiro atoms. The molecular weight excluding hydrogens is 715 g/mol. The Morgan fingerprint density at radius 1 is 0.305 bits per heavy atom. The standard InChI is InChI=1S/C56H37N3/c1-56(2)50-20-10-9-18-47(50)52-45(19-11-21-51(52)56)44-30-31-46(43-17-8-7-16-42(43)44)55-58-53(38-28-26-36-24-22-34-12-3-5-14-40(34)48(36)32-38)57-54(59-55)39-29-27-37-25-23-35-13-4-6-15-41(35)49(37)33-39/h3-33H,1-2H3. The van der Waals surface area contributed by atoms with E-state index in [1.165, 1.54) is 81.9 Å². The monoisotopic (exact) mass is 751 g/mol. The normalized spacial score (nSPS) is 13.1. The van der Waals surface area contributed by atoms with E-state index in [0.717, 1.165) is 22.1 Å². The first-order chi connectivity index (χ1) is 29.0.